The molecule has 0 radical (unpaired) electrons. The van der Waals surface area contributed by atoms with E-state index in [1.165, 1.54) is 0 Å². The molecule has 0 spiro atoms. The summed E-state index contributed by atoms with van der Waals surface area (Å²) in [7, 11) is 0. The molecule has 2 aromatic carbocycles. The van der Waals surface area contributed by atoms with E-state index in [9.17, 15) is 9.90 Å². The molecule has 4 heteroatoms. The van der Waals surface area contributed by atoms with E-state index in [4.69, 9.17) is 0 Å². The Bertz CT molecular complexity index is 684. The summed E-state index contributed by atoms with van der Waals surface area (Å²) in [6.07, 6.45) is 0. The van der Waals surface area contributed by atoms with Crippen molar-refractivity contribution in [2.24, 2.45) is 0 Å². The number of fused-ring (bicyclic) bond motifs is 1. The van der Waals surface area contributed by atoms with Crippen molar-refractivity contribution in [3.05, 3.63) is 42.0 Å². The molecule has 2 atom stereocenters. The highest BCUT2D eigenvalue weighted by atomic mass is 16.3. The topological polar surface area (TPSA) is 52.6 Å². The first-order chi connectivity index (χ1) is 10.1. The normalized spacial score (nSPS) is 22.5. The maximum absolute atomic E-state index is 12.8. The van der Waals surface area contributed by atoms with Crippen molar-refractivity contribution < 1.29 is 9.90 Å². The average Bonchev–Trinajstić information content (AvgIpc) is 2.50. The molecule has 1 amide bonds. The number of aromatic hydroxyl groups is 1. The fourth-order valence-electron chi connectivity index (χ4n) is 2.89. The van der Waals surface area contributed by atoms with Gasteiger partial charge in [-0.15, -0.1) is 0 Å². The van der Waals surface area contributed by atoms with E-state index < -0.39 is 0 Å². The maximum Gasteiger partial charge on any atom is 0.257 e. The molecule has 3 rings (SSSR count). The Morgan fingerprint density at radius 2 is 2.00 bits per heavy atom. The molecule has 1 aliphatic rings. The monoisotopic (exact) mass is 284 g/mol. The van der Waals surface area contributed by atoms with E-state index in [2.05, 4.69) is 12.2 Å². The second-order valence-electron chi connectivity index (χ2n) is 5.80. The van der Waals surface area contributed by atoms with Crippen molar-refractivity contribution in [3.8, 4) is 5.75 Å². The minimum absolute atomic E-state index is 0.0801. The van der Waals surface area contributed by atoms with Gasteiger partial charge in [-0.25, -0.2) is 0 Å². The molecule has 0 aromatic heterocycles. The zero-order valence-electron chi connectivity index (χ0n) is 12.3. The van der Waals surface area contributed by atoms with E-state index >= 15 is 0 Å². The Morgan fingerprint density at radius 1 is 1.24 bits per heavy atom. The van der Waals surface area contributed by atoms with Crippen molar-refractivity contribution >= 4 is 16.7 Å². The summed E-state index contributed by atoms with van der Waals surface area (Å²) in [6.45, 7) is 5.52. The molecule has 1 fully saturated rings. The highest BCUT2D eigenvalue weighted by Gasteiger charge is 2.29. The summed E-state index contributed by atoms with van der Waals surface area (Å²) in [5.74, 6) is -0.0180. The molecule has 1 heterocycles. The number of hydrogen-bond donors (Lipinski definition) is 2. The van der Waals surface area contributed by atoms with Gasteiger partial charge in [-0.2, -0.15) is 0 Å². The van der Waals surface area contributed by atoms with Crippen LogP contribution in [0, 0.1) is 0 Å². The summed E-state index contributed by atoms with van der Waals surface area (Å²) in [5.41, 5.74) is 0.384. The minimum Gasteiger partial charge on any atom is -0.506 e. The van der Waals surface area contributed by atoms with Crippen LogP contribution in [-0.2, 0) is 0 Å². The lowest BCUT2D eigenvalue weighted by Crippen LogP contribution is -2.56. The van der Waals surface area contributed by atoms with Gasteiger partial charge in [0.15, 0.2) is 0 Å². The number of hydrogen-bond acceptors (Lipinski definition) is 3. The van der Waals surface area contributed by atoms with Crippen LogP contribution < -0.4 is 5.32 Å². The lowest BCUT2D eigenvalue weighted by Gasteiger charge is -2.37. The van der Waals surface area contributed by atoms with Crippen LogP contribution in [0.3, 0.4) is 0 Å². The van der Waals surface area contributed by atoms with Crippen LogP contribution in [0.5, 0.6) is 5.75 Å². The largest absolute Gasteiger partial charge is 0.506 e. The third kappa shape index (κ3) is 2.47. The molecule has 1 aliphatic heterocycles. The number of amides is 1. The molecule has 0 saturated carbocycles. The molecule has 2 unspecified atom stereocenters. The Labute approximate surface area is 124 Å². The van der Waals surface area contributed by atoms with Gasteiger partial charge in [-0.1, -0.05) is 30.3 Å². The maximum atomic E-state index is 12.8. The lowest BCUT2D eigenvalue weighted by molar-refractivity contribution is 0.0613. The predicted octanol–water partition coefficient (Wildman–Crippen LogP) is 2.37. The number of phenolic OH excluding ortho intramolecular Hbond substituents is 1. The predicted molar refractivity (Wildman–Crippen MR) is 83.6 cm³/mol. The Hall–Kier alpha value is -2.07. The van der Waals surface area contributed by atoms with Crippen molar-refractivity contribution in [2.75, 3.05) is 13.1 Å². The van der Waals surface area contributed by atoms with Crippen LogP contribution in [0.1, 0.15) is 24.2 Å². The SMILES string of the molecule is CC1CN(C(=O)c2ccc3ccccc3c2O)C(C)CN1. The fraction of sp³-hybridized carbons (Fsp3) is 0.353. The summed E-state index contributed by atoms with van der Waals surface area (Å²) in [4.78, 5) is 14.6. The smallest absolute Gasteiger partial charge is 0.257 e. The fourth-order valence-corrected chi connectivity index (χ4v) is 2.89. The van der Waals surface area contributed by atoms with Crippen LogP contribution >= 0.6 is 0 Å². The first kappa shape index (κ1) is 13.9. The van der Waals surface area contributed by atoms with Crippen LogP contribution in [0.25, 0.3) is 10.8 Å². The average molecular weight is 284 g/mol. The summed E-state index contributed by atoms with van der Waals surface area (Å²) >= 11 is 0. The molecule has 0 bridgehead atoms. The lowest BCUT2D eigenvalue weighted by atomic mass is 10.0. The zero-order chi connectivity index (χ0) is 15.0. The molecule has 2 aromatic rings. The molecule has 4 nitrogen and oxygen atoms in total. The first-order valence-corrected chi connectivity index (χ1v) is 7.33. The zero-order valence-corrected chi connectivity index (χ0v) is 12.3. The Morgan fingerprint density at radius 3 is 2.81 bits per heavy atom. The van der Waals surface area contributed by atoms with Crippen molar-refractivity contribution in [1.29, 1.82) is 0 Å². The van der Waals surface area contributed by atoms with Gasteiger partial charge in [0.1, 0.15) is 5.75 Å². The van der Waals surface area contributed by atoms with E-state index in [0.29, 0.717) is 12.1 Å². The van der Waals surface area contributed by atoms with Crippen LogP contribution in [0.2, 0.25) is 0 Å². The highest BCUT2D eigenvalue weighted by Crippen LogP contribution is 2.30. The van der Waals surface area contributed by atoms with Gasteiger partial charge in [0.05, 0.1) is 5.56 Å². The van der Waals surface area contributed by atoms with Crippen molar-refractivity contribution in [3.63, 3.8) is 0 Å². The van der Waals surface area contributed by atoms with Gasteiger partial charge in [-0.05, 0) is 25.3 Å². The van der Waals surface area contributed by atoms with Gasteiger partial charge in [-0.3, -0.25) is 4.79 Å². The van der Waals surface area contributed by atoms with Crippen molar-refractivity contribution in [2.45, 2.75) is 25.9 Å². The van der Waals surface area contributed by atoms with E-state index in [1.807, 2.05) is 42.2 Å². The van der Waals surface area contributed by atoms with Crippen LogP contribution in [0.15, 0.2) is 36.4 Å². The second kappa shape index (κ2) is 5.37. The van der Waals surface area contributed by atoms with Gasteiger partial charge in [0, 0.05) is 30.6 Å². The number of carbonyl (C=O) groups excluding carboxylic acids is 1. The number of nitrogens with zero attached hydrogens (tertiary/aromatic N) is 1. The van der Waals surface area contributed by atoms with Gasteiger partial charge < -0.3 is 15.3 Å². The van der Waals surface area contributed by atoms with Crippen LogP contribution in [0.4, 0.5) is 0 Å². The summed E-state index contributed by atoms with van der Waals surface area (Å²) in [6, 6.07) is 11.6. The molecule has 0 aliphatic carbocycles. The molecule has 2 N–H and O–H groups in total. The molecule has 110 valence electrons. The Balaban J connectivity index is 1.99. The standard InChI is InChI=1S/C17H20N2O2/c1-11-10-19(12(2)9-18-11)17(21)15-8-7-13-5-3-4-6-14(13)16(15)20/h3-8,11-12,18,20H,9-10H2,1-2H3. The second-order valence-corrected chi connectivity index (χ2v) is 5.80. The molecule has 1 saturated heterocycles. The molecular weight excluding hydrogens is 264 g/mol. The summed E-state index contributed by atoms with van der Waals surface area (Å²) in [5, 5.41) is 15.5. The third-order valence-corrected chi connectivity index (χ3v) is 4.16. The molecular formula is C17H20N2O2. The van der Waals surface area contributed by atoms with Crippen LogP contribution in [-0.4, -0.2) is 41.1 Å². The number of carbonyl (C=O) groups is 1. The number of benzene rings is 2. The van der Waals surface area contributed by atoms with E-state index in [0.717, 1.165) is 17.3 Å². The number of rotatable bonds is 1. The number of nitrogens with one attached hydrogen (secondary N) is 1. The summed E-state index contributed by atoms with van der Waals surface area (Å²) < 4.78 is 0. The quantitative estimate of drug-likeness (QED) is 0.845. The first-order valence-electron chi connectivity index (χ1n) is 7.33. The van der Waals surface area contributed by atoms with E-state index in [-0.39, 0.29) is 23.7 Å². The minimum atomic E-state index is -0.0981. The van der Waals surface area contributed by atoms with E-state index in [1.54, 1.807) is 6.07 Å². The molecule has 21 heavy (non-hydrogen) atoms. The Kier molecular flexibility index (Phi) is 3.55. The third-order valence-electron chi connectivity index (χ3n) is 4.16. The van der Waals surface area contributed by atoms with Gasteiger partial charge in [0.25, 0.3) is 5.91 Å². The number of piperazine rings is 1. The highest BCUT2D eigenvalue weighted by molar-refractivity contribution is 6.03. The van der Waals surface area contributed by atoms with Gasteiger partial charge >= 0.3 is 0 Å². The van der Waals surface area contributed by atoms with Gasteiger partial charge in [0.2, 0.25) is 0 Å². The number of phenols is 1. The van der Waals surface area contributed by atoms with Crippen molar-refractivity contribution in [1.82, 2.24) is 10.2 Å².